The maximum atomic E-state index is 13.0. The summed E-state index contributed by atoms with van der Waals surface area (Å²) in [6.45, 7) is 7.04. The van der Waals surface area contributed by atoms with Crippen molar-refractivity contribution in [1.82, 2.24) is 14.3 Å². The number of fused-ring (bicyclic) bond motifs is 1. The lowest BCUT2D eigenvalue weighted by atomic mass is 10.0. The standard InChI is InChI=1S/C21H21N3OS/c1-15-12-23-13-17(20(25)24-9-4-8-21(24,2)3)11-19(23)18(22-15)6-5-16-7-10-26-14-16/h7,10-14H,4,8-9H2,1-3H3. The third kappa shape index (κ3) is 3.02. The van der Waals surface area contributed by atoms with Crippen molar-refractivity contribution in [3.63, 3.8) is 0 Å². The third-order valence-electron chi connectivity index (χ3n) is 4.94. The van der Waals surface area contributed by atoms with Crippen molar-refractivity contribution in [3.05, 3.63) is 57.8 Å². The fraction of sp³-hybridized carbons (Fsp3) is 0.333. The Morgan fingerprint density at radius 1 is 1.31 bits per heavy atom. The number of hydrogen-bond donors (Lipinski definition) is 0. The molecule has 26 heavy (non-hydrogen) atoms. The van der Waals surface area contributed by atoms with Gasteiger partial charge in [-0.3, -0.25) is 4.79 Å². The number of nitrogens with zero attached hydrogens (tertiary/aromatic N) is 3. The first-order valence-electron chi connectivity index (χ1n) is 8.80. The number of amides is 1. The second-order valence-electron chi connectivity index (χ2n) is 7.39. The van der Waals surface area contributed by atoms with Crippen LogP contribution in [-0.4, -0.2) is 32.3 Å². The maximum absolute atomic E-state index is 13.0. The first-order valence-corrected chi connectivity index (χ1v) is 9.74. The Balaban J connectivity index is 1.75. The minimum Gasteiger partial charge on any atom is -0.333 e. The second-order valence-corrected chi connectivity index (χ2v) is 8.17. The predicted molar refractivity (Wildman–Crippen MR) is 105 cm³/mol. The maximum Gasteiger partial charge on any atom is 0.255 e. The van der Waals surface area contributed by atoms with Gasteiger partial charge in [-0.2, -0.15) is 11.3 Å². The molecule has 0 radical (unpaired) electrons. The molecule has 0 aromatic carbocycles. The van der Waals surface area contributed by atoms with Crippen molar-refractivity contribution < 1.29 is 4.79 Å². The molecular weight excluding hydrogens is 342 g/mol. The van der Waals surface area contributed by atoms with E-state index in [1.54, 1.807) is 11.3 Å². The normalized spacial score (nSPS) is 15.9. The molecule has 4 nitrogen and oxygen atoms in total. The third-order valence-corrected chi connectivity index (χ3v) is 5.63. The van der Waals surface area contributed by atoms with Crippen LogP contribution in [0.1, 0.15) is 54.0 Å². The van der Waals surface area contributed by atoms with E-state index in [2.05, 4.69) is 30.7 Å². The van der Waals surface area contributed by atoms with Gasteiger partial charge in [0, 0.05) is 35.4 Å². The molecule has 4 rings (SSSR count). The number of rotatable bonds is 1. The van der Waals surface area contributed by atoms with Crippen molar-refractivity contribution in [1.29, 1.82) is 0 Å². The topological polar surface area (TPSA) is 37.6 Å². The van der Waals surface area contributed by atoms with Crippen LogP contribution in [0.5, 0.6) is 0 Å². The van der Waals surface area contributed by atoms with Gasteiger partial charge in [-0.25, -0.2) is 4.98 Å². The molecule has 0 saturated carbocycles. The van der Waals surface area contributed by atoms with Crippen LogP contribution in [-0.2, 0) is 0 Å². The van der Waals surface area contributed by atoms with E-state index in [-0.39, 0.29) is 11.4 Å². The van der Waals surface area contributed by atoms with E-state index in [1.165, 1.54) is 0 Å². The van der Waals surface area contributed by atoms with Crippen molar-refractivity contribution in [2.24, 2.45) is 0 Å². The molecular formula is C21H21N3OS. The molecule has 1 aliphatic heterocycles. The summed E-state index contributed by atoms with van der Waals surface area (Å²) in [5.74, 6) is 6.41. The Morgan fingerprint density at radius 3 is 2.85 bits per heavy atom. The van der Waals surface area contributed by atoms with Crippen LogP contribution < -0.4 is 0 Å². The van der Waals surface area contributed by atoms with E-state index < -0.39 is 0 Å². The Kier molecular flexibility index (Phi) is 4.08. The lowest BCUT2D eigenvalue weighted by molar-refractivity contribution is 0.0652. The molecule has 3 aromatic heterocycles. The summed E-state index contributed by atoms with van der Waals surface area (Å²) in [6, 6.07) is 3.91. The van der Waals surface area contributed by atoms with Crippen LogP contribution in [0.2, 0.25) is 0 Å². The van der Waals surface area contributed by atoms with Crippen molar-refractivity contribution in [3.8, 4) is 11.8 Å². The fourth-order valence-electron chi connectivity index (χ4n) is 3.56. The van der Waals surface area contributed by atoms with E-state index >= 15 is 0 Å². The summed E-state index contributed by atoms with van der Waals surface area (Å²) in [6.07, 6.45) is 5.95. The molecule has 3 aromatic rings. The van der Waals surface area contributed by atoms with Gasteiger partial charge in [0.2, 0.25) is 0 Å². The quantitative estimate of drug-likeness (QED) is 0.610. The van der Waals surface area contributed by atoms with Crippen LogP contribution in [0, 0.1) is 18.8 Å². The highest BCUT2D eigenvalue weighted by Crippen LogP contribution is 2.30. The molecule has 1 amide bonds. The molecule has 5 heteroatoms. The van der Waals surface area contributed by atoms with Crippen LogP contribution in [0.15, 0.2) is 35.3 Å². The zero-order valence-corrected chi connectivity index (χ0v) is 16.1. The number of hydrogen-bond acceptors (Lipinski definition) is 3. The molecule has 0 spiro atoms. The van der Waals surface area contributed by atoms with Crippen LogP contribution in [0.3, 0.4) is 0 Å². The van der Waals surface area contributed by atoms with E-state index in [9.17, 15) is 4.79 Å². The average molecular weight is 363 g/mol. The summed E-state index contributed by atoms with van der Waals surface area (Å²) in [4.78, 5) is 19.6. The summed E-state index contributed by atoms with van der Waals surface area (Å²) < 4.78 is 1.97. The molecule has 0 bridgehead atoms. The summed E-state index contributed by atoms with van der Waals surface area (Å²) >= 11 is 1.63. The Hall–Kier alpha value is -2.58. The highest BCUT2D eigenvalue weighted by Gasteiger charge is 2.36. The molecule has 1 saturated heterocycles. The number of carbonyl (C=O) groups is 1. The lowest BCUT2D eigenvalue weighted by Crippen LogP contribution is -2.42. The summed E-state index contributed by atoms with van der Waals surface area (Å²) in [5, 5.41) is 4.03. The second kappa shape index (κ2) is 6.30. The van der Waals surface area contributed by atoms with Gasteiger partial charge < -0.3 is 9.30 Å². The van der Waals surface area contributed by atoms with Crippen LogP contribution in [0.25, 0.3) is 5.52 Å². The van der Waals surface area contributed by atoms with Gasteiger partial charge in [0.15, 0.2) is 0 Å². The van der Waals surface area contributed by atoms with Crippen LogP contribution in [0.4, 0.5) is 0 Å². The zero-order valence-electron chi connectivity index (χ0n) is 15.2. The molecule has 132 valence electrons. The Labute approximate surface area is 157 Å². The monoisotopic (exact) mass is 363 g/mol. The van der Waals surface area contributed by atoms with Gasteiger partial charge in [0.05, 0.1) is 16.8 Å². The van der Waals surface area contributed by atoms with Crippen molar-refractivity contribution >= 4 is 22.8 Å². The zero-order chi connectivity index (χ0) is 18.3. The highest BCUT2D eigenvalue weighted by atomic mass is 32.1. The molecule has 0 atom stereocenters. The van der Waals surface area contributed by atoms with Crippen molar-refractivity contribution in [2.45, 2.75) is 39.2 Å². The van der Waals surface area contributed by atoms with Crippen LogP contribution >= 0.6 is 11.3 Å². The SMILES string of the molecule is Cc1cn2cc(C(=O)N3CCCC3(C)C)cc2c(C#Cc2ccsc2)n1. The summed E-state index contributed by atoms with van der Waals surface area (Å²) in [7, 11) is 0. The fourth-order valence-corrected chi connectivity index (χ4v) is 4.14. The minimum atomic E-state index is -0.0824. The van der Waals surface area contributed by atoms with Gasteiger partial charge >= 0.3 is 0 Å². The van der Waals surface area contributed by atoms with E-state index in [1.807, 2.05) is 51.5 Å². The van der Waals surface area contributed by atoms with Gasteiger partial charge in [0.1, 0.15) is 5.69 Å². The van der Waals surface area contributed by atoms with E-state index in [0.29, 0.717) is 11.3 Å². The van der Waals surface area contributed by atoms with Gasteiger partial charge in [-0.15, -0.1) is 0 Å². The van der Waals surface area contributed by atoms with Crippen molar-refractivity contribution in [2.75, 3.05) is 6.54 Å². The molecule has 0 aliphatic carbocycles. The minimum absolute atomic E-state index is 0.0824. The highest BCUT2D eigenvalue weighted by molar-refractivity contribution is 7.08. The Bertz CT molecular complexity index is 1030. The molecule has 0 unspecified atom stereocenters. The average Bonchev–Trinajstić information content (AvgIpc) is 3.30. The van der Waals surface area contributed by atoms with Gasteiger partial charge in [0.25, 0.3) is 5.91 Å². The number of aryl methyl sites for hydroxylation is 1. The first kappa shape index (κ1) is 16.9. The number of carbonyl (C=O) groups excluding carboxylic acids is 1. The smallest absolute Gasteiger partial charge is 0.255 e. The molecule has 4 heterocycles. The molecule has 1 aliphatic rings. The first-order chi connectivity index (χ1) is 12.4. The van der Waals surface area contributed by atoms with E-state index in [0.717, 1.165) is 36.2 Å². The molecule has 1 fully saturated rings. The van der Waals surface area contributed by atoms with Gasteiger partial charge in [-0.1, -0.05) is 5.92 Å². The van der Waals surface area contributed by atoms with Gasteiger partial charge in [-0.05, 0) is 57.0 Å². The predicted octanol–water partition coefficient (Wildman–Crippen LogP) is 4.12. The van der Waals surface area contributed by atoms with E-state index in [4.69, 9.17) is 0 Å². The lowest BCUT2D eigenvalue weighted by Gasteiger charge is -2.31. The largest absolute Gasteiger partial charge is 0.333 e. The molecule has 0 N–H and O–H groups in total. The Morgan fingerprint density at radius 2 is 2.15 bits per heavy atom. The summed E-state index contributed by atoms with van der Waals surface area (Å²) in [5.41, 5.74) is 4.06. The number of thiophene rings is 1. The number of aromatic nitrogens is 2. The number of likely N-dealkylation sites (tertiary alicyclic amines) is 1.